The van der Waals surface area contributed by atoms with Gasteiger partial charge >= 0.3 is 0 Å². The molecule has 2 aromatic rings. The van der Waals surface area contributed by atoms with Crippen molar-refractivity contribution in [3.8, 4) is 0 Å². The van der Waals surface area contributed by atoms with Crippen molar-refractivity contribution in [1.82, 2.24) is 0 Å². The van der Waals surface area contributed by atoms with Gasteiger partial charge in [-0.15, -0.1) is 11.3 Å². The van der Waals surface area contributed by atoms with E-state index in [1.54, 1.807) is 0 Å². The van der Waals surface area contributed by atoms with Crippen LogP contribution in [0, 0.1) is 6.92 Å². The van der Waals surface area contributed by atoms with Crippen molar-refractivity contribution in [2.24, 2.45) is 0 Å². The molecule has 1 aromatic carbocycles. The average molecular weight is 277 g/mol. The number of fused-ring (bicyclic) bond motifs is 1. The number of thiophene rings is 1. The SMILES string of the molecule is Cc1csc(C(=O)CC2Cc3ccccc32)c1Cl. The number of Topliss-reactive ketones (excluding diaryl/α,β-unsaturated/α-hetero) is 1. The summed E-state index contributed by atoms with van der Waals surface area (Å²) in [6.45, 7) is 1.94. The van der Waals surface area contributed by atoms with E-state index >= 15 is 0 Å². The maximum Gasteiger partial charge on any atom is 0.174 e. The van der Waals surface area contributed by atoms with Crippen LogP contribution in [0.2, 0.25) is 5.02 Å². The molecule has 1 atom stereocenters. The molecular weight excluding hydrogens is 264 g/mol. The molecule has 0 spiro atoms. The molecule has 1 aliphatic rings. The molecule has 3 heteroatoms. The first kappa shape index (κ1) is 11.9. The molecule has 0 bridgehead atoms. The highest BCUT2D eigenvalue weighted by atomic mass is 35.5. The van der Waals surface area contributed by atoms with Crippen LogP contribution in [0.4, 0.5) is 0 Å². The van der Waals surface area contributed by atoms with Gasteiger partial charge in [0.05, 0.1) is 9.90 Å². The predicted molar refractivity (Wildman–Crippen MR) is 75.9 cm³/mol. The molecule has 0 amide bonds. The Kier molecular flexibility index (Phi) is 3.00. The second-order valence-electron chi connectivity index (χ2n) is 4.79. The van der Waals surface area contributed by atoms with Crippen LogP contribution in [-0.4, -0.2) is 5.78 Å². The Hall–Kier alpha value is -1.12. The second kappa shape index (κ2) is 4.52. The first-order valence-corrected chi connectivity index (χ1v) is 7.27. The fourth-order valence-corrected chi connectivity index (χ4v) is 3.73. The standard InChI is InChI=1S/C15H13ClOS/c1-9-8-18-15(14(9)16)13(17)7-11-6-10-4-2-3-5-12(10)11/h2-5,8,11H,6-7H2,1H3. The summed E-state index contributed by atoms with van der Waals surface area (Å²) in [6.07, 6.45) is 1.60. The van der Waals surface area contributed by atoms with Gasteiger partial charge in [0, 0.05) is 6.42 Å². The minimum Gasteiger partial charge on any atom is -0.293 e. The highest BCUT2D eigenvalue weighted by Gasteiger charge is 2.28. The second-order valence-corrected chi connectivity index (χ2v) is 6.05. The summed E-state index contributed by atoms with van der Waals surface area (Å²) in [4.78, 5) is 12.9. The topological polar surface area (TPSA) is 17.1 Å². The first-order chi connectivity index (χ1) is 8.66. The van der Waals surface area contributed by atoms with E-state index < -0.39 is 0 Å². The van der Waals surface area contributed by atoms with Crippen molar-refractivity contribution < 1.29 is 4.79 Å². The Bertz CT molecular complexity index is 615. The molecule has 0 radical (unpaired) electrons. The number of aryl methyl sites for hydroxylation is 1. The van der Waals surface area contributed by atoms with Crippen LogP contribution >= 0.6 is 22.9 Å². The van der Waals surface area contributed by atoms with Crippen molar-refractivity contribution in [3.63, 3.8) is 0 Å². The van der Waals surface area contributed by atoms with Crippen molar-refractivity contribution in [3.05, 3.63) is 56.2 Å². The van der Waals surface area contributed by atoms with Gasteiger partial charge in [-0.1, -0.05) is 35.9 Å². The number of carbonyl (C=O) groups excluding carboxylic acids is 1. The molecule has 3 rings (SSSR count). The summed E-state index contributed by atoms with van der Waals surface area (Å²) >= 11 is 7.60. The van der Waals surface area contributed by atoms with Crippen molar-refractivity contribution in [2.45, 2.75) is 25.7 Å². The fourth-order valence-electron chi connectivity index (χ4n) is 2.48. The molecule has 1 heterocycles. The van der Waals surface area contributed by atoms with E-state index in [2.05, 4.69) is 18.2 Å². The lowest BCUT2D eigenvalue weighted by molar-refractivity contribution is 0.0974. The molecule has 0 saturated heterocycles. The maximum atomic E-state index is 12.2. The van der Waals surface area contributed by atoms with E-state index in [1.165, 1.54) is 22.5 Å². The molecule has 0 N–H and O–H groups in total. The molecule has 1 nitrogen and oxygen atoms in total. The highest BCUT2D eigenvalue weighted by Crippen LogP contribution is 2.39. The number of hydrogen-bond donors (Lipinski definition) is 0. The van der Waals surface area contributed by atoms with Crippen LogP contribution in [0.15, 0.2) is 29.6 Å². The van der Waals surface area contributed by atoms with E-state index in [9.17, 15) is 4.79 Å². The van der Waals surface area contributed by atoms with E-state index in [-0.39, 0.29) is 5.78 Å². The predicted octanol–water partition coefficient (Wildman–Crippen LogP) is 4.62. The third kappa shape index (κ3) is 1.90. The van der Waals surface area contributed by atoms with Gasteiger partial charge < -0.3 is 0 Å². The summed E-state index contributed by atoms with van der Waals surface area (Å²) in [7, 11) is 0. The lowest BCUT2D eigenvalue weighted by Crippen LogP contribution is -2.19. The zero-order valence-corrected chi connectivity index (χ0v) is 11.6. The molecule has 0 fully saturated rings. The first-order valence-electron chi connectivity index (χ1n) is 6.01. The summed E-state index contributed by atoms with van der Waals surface area (Å²) in [5.74, 6) is 0.560. The minimum atomic E-state index is 0.178. The van der Waals surface area contributed by atoms with Gasteiger partial charge in [-0.05, 0) is 41.3 Å². The Balaban J connectivity index is 1.76. The lowest BCUT2D eigenvalue weighted by atomic mass is 9.75. The minimum absolute atomic E-state index is 0.178. The number of halogens is 1. The lowest BCUT2D eigenvalue weighted by Gasteiger charge is -2.29. The van der Waals surface area contributed by atoms with Crippen molar-refractivity contribution in [2.75, 3.05) is 0 Å². The highest BCUT2D eigenvalue weighted by molar-refractivity contribution is 7.13. The van der Waals surface area contributed by atoms with Crippen LogP contribution in [0.1, 0.15) is 38.7 Å². The van der Waals surface area contributed by atoms with Crippen molar-refractivity contribution in [1.29, 1.82) is 0 Å². The molecule has 1 unspecified atom stereocenters. The molecule has 1 aliphatic carbocycles. The van der Waals surface area contributed by atoms with E-state index in [4.69, 9.17) is 11.6 Å². The van der Waals surface area contributed by atoms with Crippen LogP contribution < -0.4 is 0 Å². The van der Waals surface area contributed by atoms with Crippen LogP contribution in [0.25, 0.3) is 0 Å². The van der Waals surface area contributed by atoms with Gasteiger partial charge in [-0.3, -0.25) is 4.79 Å². The molecule has 1 aromatic heterocycles. The van der Waals surface area contributed by atoms with Gasteiger partial charge in [0.1, 0.15) is 0 Å². The smallest absolute Gasteiger partial charge is 0.174 e. The number of rotatable bonds is 3. The third-order valence-corrected chi connectivity index (χ3v) is 5.28. The number of ketones is 1. The maximum absolute atomic E-state index is 12.2. The van der Waals surface area contributed by atoms with Crippen molar-refractivity contribution >= 4 is 28.7 Å². The van der Waals surface area contributed by atoms with Crippen LogP contribution in [0.3, 0.4) is 0 Å². The monoisotopic (exact) mass is 276 g/mol. The zero-order chi connectivity index (χ0) is 12.7. The Labute approximate surface area is 115 Å². The van der Waals surface area contributed by atoms with Gasteiger partial charge in [0.2, 0.25) is 0 Å². The van der Waals surface area contributed by atoms with Gasteiger partial charge in [0.25, 0.3) is 0 Å². The van der Waals surface area contributed by atoms with Gasteiger partial charge in [-0.25, -0.2) is 0 Å². The number of carbonyl (C=O) groups is 1. The summed E-state index contributed by atoms with van der Waals surface area (Å²) < 4.78 is 0. The molecule has 92 valence electrons. The van der Waals surface area contributed by atoms with Gasteiger partial charge in [0.15, 0.2) is 5.78 Å². The average Bonchev–Trinajstić information content (AvgIpc) is 2.67. The molecule has 0 aliphatic heterocycles. The van der Waals surface area contributed by atoms with Gasteiger partial charge in [-0.2, -0.15) is 0 Å². The summed E-state index contributed by atoms with van der Waals surface area (Å²) in [5.41, 5.74) is 3.71. The van der Waals surface area contributed by atoms with Crippen LogP contribution in [-0.2, 0) is 6.42 Å². The van der Waals surface area contributed by atoms with Crippen LogP contribution in [0.5, 0.6) is 0 Å². The molecule has 0 saturated carbocycles. The van der Waals surface area contributed by atoms with E-state index in [0.717, 1.165) is 16.9 Å². The quantitative estimate of drug-likeness (QED) is 0.748. The summed E-state index contributed by atoms with van der Waals surface area (Å²) in [6, 6.07) is 8.35. The normalized spacial score (nSPS) is 17.1. The van der Waals surface area contributed by atoms with E-state index in [1.807, 2.05) is 18.4 Å². The summed E-state index contributed by atoms with van der Waals surface area (Å²) in [5, 5.41) is 2.59. The zero-order valence-electron chi connectivity index (χ0n) is 10.1. The number of hydrogen-bond acceptors (Lipinski definition) is 2. The molecule has 18 heavy (non-hydrogen) atoms. The third-order valence-electron chi connectivity index (χ3n) is 3.55. The van der Waals surface area contributed by atoms with E-state index in [0.29, 0.717) is 17.4 Å². The Morgan fingerprint density at radius 2 is 2.22 bits per heavy atom. The number of benzene rings is 1. The Morgan fingerprint density at radius 3 is 2.89 bits per heavy atom. The molecular formula is C15H13ClOS. The largest absolute Gasteiger partial charge is 0.293 e. The fraction of sp³-hybridized carbons (Fsp3) is 0.267. The Morgan fingerprint density at radius 1 is 1.44 bits per heavy atom.